The summed E-state index contributed by atoms with van der Waals surface area (Å²) in [6.45, 7) is 0.0788. The third-order valence-electron chi connectivity index (χ3n) is 2.16. The number of aromatic nitrogens is 3. The fraction of sp³-hybridized carbons (Fsp3) is 0.125. The zero-order valence-corrected chi connectivity index (χ0v) is 7.06. The van der Waals surface area contributed by atoms with Gasteiger partial charge in [-0.3, -0.25) is 4.79 Å². The lowest BCUT2D eigenvalue weighted by molar-refractivity contribution is 0.100. The minimum absolute atomic E-state index is 0.0442. The van der Waals surface area contributed by atoms with Crippen LogP contribution in [-0.2, 0) is 0 Å². The van der Waals surface area contributed by atoms with Crippen LogP contribution in [-0.4, -0.2) is 27.7 Å². The molecule has 0 atom stereocenters. The number of carbonyl (C=O) groups excluding carboxylic acids is 1. The van der Waals surface area contributed by atoms with Crippen LogP contribution in [0.25, 0.3) is 11.3 Å². The molecule has 0 aromatic heterocycles. The Bertz CT molecular complexity index is 515. The molecule has 14 heavy (non-hydrogen) atoms. The van der Waals surface area contributed by atoms with Crippen molar-refractivity contribution in [2.24, 2.45) is 10.2 Å². The van der Waals surface area contributed by atoms with E-state index in [1.165, 1.54) is 0 Å². The lowest BCUT2D eigenvalue weighted by atomic mass is 10.1. The molecule has 0 fully saturated rings. The Balaban J connectivity index is 2.43. The van der Waals surface area contributed by atoms with Crippen molar-refractivity contribution in [2.75, 3.05) is 6.54 Å². The van der Waals surface area contributed by atoms with Gasteiger partial charge in [0, 0.05) is 5.56 Å². The van der Waals surface area contributed by atoms with Crippen LogP contribution in [0.15, 0.2) is 22.4 Å². The van der Waals surface area contributed by atoms with Crippen LogP contribution in [0.4, 0.5) is 5.82 Å². The van der Waals surface area contributed by atoms with Gasteiger partial charge in [0.15, 0.2) is 5.78 Å². The molecule has 6 nitrogen and oxygen atoms in total. The number of nitrogens with zero attached hydrogens (tertiary/aromatic N) is 4. The van der Waals surface area contributed by atoms with Crippen molar-refractivity contribution < 1.29 is 4.79 Å². The first-order valence-corrected chi connectivity index (χ1v) is 4.10. The van der Waals surface area contributed by atoms with Crippen LogP contribution in [0.2, 0.25) is 0 Å². The van der Waals surface area contributed by atoms with Crippen LogP contribution >= 0.6 is 0 Å². The van der Waals surface area contributed by atoms with E-state index >= 15 is 0 Å². The van der Waals surface area contributed by atoms with Gasteiger partial charge in [-0.25, -0.2) is 0 Å². The Morgan fingerprint density at radius 2 is 2.21 bits per heavy atom. The van der Waals surface area contributed by atoms with E-state index < -0.39 is 0 Å². The SMILES string of the molecule is O=C1CN=Nc2n[nH]nc3ccc1c2-3. The maximum atomic E-state index is 11.5. The highest BCUT2D eigenvalue weighted by atomic mass is 16.1. The van der Waals surface area contributed by atoms with Gasteiger partial charge in [0.25, 0.3) is 0 Å². The highest BCUT2D eigenvalue weighted by Gasteiger charge is 2.23. The van der Waals surface area contributed by atoms with E-state index in [9.17, 15) is 4.79 Å². The topological polar surface area (TPSA) is 83.4 Å². The molecule has 0 amide bonds. The molecule has 3 rings (SSSR count). The highest BCUT2D eigenvalue weighted by Crippen LogP contribution is 2.34. The van der Waals surface area contributed by atoms with Crippen molar-refractivity contribution in [3.63, 3.8) is 0 Å². The average molecular weight is 187 g/mol. The molecule has 0 aromatic rings. The second-order valence-electron chi connectivity index (χ2n) is 2.98. The zero-order chi connectivity index (χ0) is 9.54. The van der Waals surface area contributed by atoms with E-state index in [0.29, 0.717) is 22.6 Å². The molecule has 6 heteroatoms. The number of nitrogens with one attached hydrogen (secondary N) is 1. The normalized spacial score (nSPS) is 14.7. The minimum atomic E-state index is -0.0442. The van der Waals surface area contributed by atoms with E-state index in [2.05, 4.69) is 25.6 Å². The van der Waals surface area contributed by atoms with E-state index in [1.807, 2.05) is 0 Å². The summed E-state index contributed by atoms with van der Waals surface area (Å²) < 4.78 is 0. The van der Waals surface area contributed by atoms with Crippen molar-refractivity contribution in [3.8, 4) is 11.3 Å². The third kappa shape index (κ3) is 0.819. The fourth-order valence-electron chi connectivity index (χ4n) is 1.53. The lowest BCUT2D eigenvalue weighted by Gasteiger charge is -1.99. The Morgan fingerprint density at radius 3 is 3.14 bits per heavy atom. The van der Waals surface area contributed by atoms with Crippen molar-refractivity contribution in [1.82, 2.24) is 15.4 Å². The van der Waals surface area contributed by atoms with Crippen LogP contribution < -0.4 is 0 Å². The molecule has 0 radical (unpaired) electrons. The molecule has 1 N–H and O–H groups in total. The van der Waals surface area contributed by atoms with E-state index in [-0.39, 0.29) is 12.3 Å². The molecular weight excluding hydrogens is 182 g/mol. The molecule has 0 spiro atoms. The van der Waals surface area contributed by atoms with Gasteiger partial charge in [0.2, 0.25) is 5.82 Å². The fourth-order valence-corrected chi connectivity index (χ4v) is 1.53. The summed E-state index contributed by atoms with van der Waals surface area (Å²) in [7, 11) is 0. The first-order valence-electron chi connectivity index (χ1n) is 4.10. The number of carbonyl (C=O) groups is 1. The van der Waals surface area contributed by atoms with Gasteiger partial charge in [0.1, 0.15) is 6.54 Å². The Hall–Kier alpha value is -2.11. The van der Waals surface area contributed by atoms with E-state index in [0.717, 1.165) is 0 Å². The maximum absolute atomic E-state index is 11.5. The van der Waals surface area contributed by atoms with Gasteiger partial charge in [-0.05, 0) is 12.1 Å². The maximum Gasteiger partial charge on any atom is 0.205 e. The highest BCUT2D eigenvalue weighted by molar-refractivity contribution is 6.06. The number of Topliss-reactive ketones (excluding diaryl/α,β-unsaturated/α-hetero) is 1. The van der Waals surface area contributed by atoms with Gasteiger partial charge in [-0.15, -0.1) is 10.2 Å². The lowest BCUT2D eigenvalue weighted by Crippen LogP contribution is -2.01. The first-order chi connectivity index (χ1) is 6.86. The first kappa shape index (κ1) is 7.31. The minimum Gasteiger partial charge on any atom is -0.292 e. The Morgan fingerprint density at radius 1 is 1.29 bits per heavy atom. The van der Waals surface area contributed by atoms with E-state index in [4.69, 9.17) is 0 Å². The molecule has 2 heterocycles. The number of aromatic amines is 1. The molecule has 68 valence electrons. The summed E-state index contributed by atoms with van der Waals surface area (Å²) in [6, 6.07) is 3.50. The standard InChI is InChI=1S/C8H5N5O/c14-6-3-9-11-8-7-4(6)1-2-5(7)10-13-12-8/h1-2,13H,3H2. The summed E-state index contributed by atoms with van der Waals surface area (Å²) in [5, 5.41) is 17.8. The van der Waals surface area contributed by atoms with Crippen LogP contribution in [0.5, 0.6) is 0 Å². The van der Waals surface area contributed by atoms with E-state index in [1.54, 1.807) is 12.1 Å². The van der Waals surface area contributed by atoms with Crippen molar-refractivity contribution >= 4 is 11.6 Å². The second kappa shape index (κ2) is 2.44. The Labute approximate surface area is 78.4 Å². The molecule has 0 saturated carbocycles. The molecule has 0 unspecified atom stereocenters. The molecule has 0 bridgehead atoms. The zero-order valence-electron chi connectivity index (χ0n) is 7.06. The molecule has 3 aliphatic rings. The molecule has 0 aromatic carbocycles. The van der Waals surface area contributed by atoms with Gasteiger partial charge in [-0.1, -0.05) is 0 Å². The predicted octanol–water partition coefficient (Wildman–Crippen LogP) is 1.19. The van der Waals surface area contributed by atoms with Crippen LogP contribution in [0.3, 0.4) is 0 Å². The molecule has 0 saturated heterocycles. The van der Waals surface area contributed by atoms with Gasteiger partial charge in [0.05, 0.1) is 11.3 Å². The number of azo groups is 1. The molecule has 1 aliphatic carbocycles. The largest absolute Gasteiger partial charge is 0.292 e. The van der Waals surface area contributed by atoms with Gasteiger partial charge < -0.3 is 0 Å². The van der Waals surface area contributed by atoms with Gasteiger partial charge in [-0.2, -0.15) is 15.4 Å². The number of rotatable bonds is 0. The number of H-pyrrole nitrogens is 1. The smallest absolute Gasteiger partial charge is 0.205 e. The average Bonchev–Trinajstić information content (AvgIpc) is 2.54. The number of hydrogen-bond acceptors (Lipinski definition) is 5. The van der Waals surface area contributed by atoms with Crippen LogP contribution in [0, 0.1) is 0 Å². The molecular formula is C8H5N5O. The summed E-state index contributed by atoms with van der Waals surface area (Å²) in [5.41, 5.74) is 1.99. The summed E-state index contributed by atoms with van der Waals surface area (Å²) in [6.07, 6.45) is 0. The van der Waals surface area contributed by atoms with Crippen molar-refractivity contribution in [2.45, 2.75) is 0 Å². The third-order valence-corrected chi connectivity index (χ3v) is 2.16. The monoisotopic (exact) mass is 187 g/mol. The molecule has 2 aliphatic heterocycles. The van der Waals surface area contributed by atoms with Crippen molar-refractivity contribution in [1.29, 1.82) is 0 Å². The summed E-state index contributed by atoms with van der Waals surface area (Å²) in [5.74, 6) is 0.387. The second-order valence-corrected chi connectivity index (χ2v) is 2.98. The Kier molecular flexibility index (Phi) is 1.27. The van der Waals surface area contributed by atoms with Crippen molar-refractivity contribution in [3.05, 3.63) is 17.7 Å². The predicted molar refractivity (Wildman–Crippen MR) is 46.7 cm³/mol. The number of ketones is 1. The number of hydrogen-bond donors (Lipinski definition) is 1. The van der Waals surface area contributed by atoms with Gasteiger partial charge >= 0.3 is 0 Å². The van der Waals surface area contributed by atoms with Crippen LogP contribution in [0.1, 0.15) is 10.4 Å². The summed E-state index contributed by atoms with van der Waals surface area (Å²) >= 11 is 0. The summed E-state index contributed by atoms with van der Waals surface area (Å²) in [4.78, 5) is 11.5. The quantitative estimate of drug-likeness (QED) is 0.672.